The lowest BCUT2D eigenvalue weighted by Crippen LogP contribution is -2.33. The molecule has 144 valence electrons. The maximum absolute atomic E-state index is 13.0. The quantitative estimate of drug-likeness (QED) is 0.691. The minimum Gasteiger partial charge on any atom is -0.383 e. The number of amides is 2. The van der Waals surface area contributed by atoms with Crippen LogP contribution in [-0.2, 0) is 14.3 Å². The number of hydrogen-bond acceptors (Lipinski definition) is 4. The van der Waals surface area contributed by atoms with Crippen LogP contribution in [0.1, 0.15) is 12.5 Å². The van der Waals surface area contributed by atoms with Crippen molar-refractivity contribution < 1.29 is 14.3 Å². The number of rotatable bonds is 6. The first-order chi connectivity index (χ1) is 13.6. The van der Waals surface area contributed by atoms with E-state index in [1.54, 1.807) is 36.3 Å². The summed E-state index contributed by atoms with van der Waals surface area (Å²) in [5.41, 5.74) is 2.12. The van der Waals surface area contributed by atoms with E-state index >= 15 is 0 Å². The zero-order valence-electron chi connectivity index (χ0n) is 15.3. The number of ether oxygens (including phenoxy) is 1. The summed E-state index contributed by atoms with van der Waals surface area (Å²) in [6.45, 7) is 0.759. The molecule has 7 nitrogen and oxygen atoms in total. The van der Waals surface area contributed by atoms with Crippen molar-refractivity contribution in [1.82, 2.24) is 9.55 Å². The van der Waals surface area contributed by atoms with Gasteiger partial charge in [0.15, 0.2) is 0 Å². The second-order valence-electron chi connectivity index (χ2n) is 6.50. The molecule has 1 aliphatic rings. The van der Waals surface area contributed by atoms with Crippen LogP contribution < -0.4 is 10.2 Å². The summed E-state index contributed by atoms with van der Waals surface area (Å²) < 4.78 is 6.96. The van der Waals surface area contributed by atoms with Crippen molar-refractivity contribution in [2.45, 2.75) is 12.5 Å². The number of carbonyl (C=O) groups is 2. The fourth-order valence-corrected chi connectivity index (χ4v) is 3.61. The SMILES string of the molecule is COCCN1C(=O)[C@H](CC(=O)Nc2ccccc2Cl)n2c1nc1ccccc12. The normalized spacial score (nSPS) is 15.9. The highest BCUT2D eigenvalue weighted by atomic mass is 35.5. The Morgan fingerprint density at radius 3 is 2.75 bits per heavy atom. The van der Waals surface area contributed by atoms with Gasteiger partial charge in [0, 0.05) is 7.11 Å². The first-order valence-electron chi connectivity index (χ1n) is 8.92. The number of anilines is 2. The number of nitrogens with zero attached hydrogens (tertiary/aromatic N) is 3. The topological polar surface area (TPSA) is 76.5 Å². The molecule has 1 N–H and O–H groups in total. The lowest BCUT2D eigenvalue weighted by Gasteiger charge is -2.15. The number of methoxy groups -OCH3 is 1. The average Bonchev–Trinajstić information content (AvgIpc) is 3.17. The fraction of sp³-hybridized carbons (Fsp3) is 0.250. The zero-order valence-corrected chi connectivity index (χ0v) is 16.0. The Morgan fingerprint density at radius 2 is 1.96 bits per heavy atom. The molecule has 0 bridgehead atoms. The van der Waals surface area contributed by atoms with Gasteiger partial charge in [-0.15, -0.1) is 0 Å². The van der Waals surface area contributed by atoms with E-state index in [1.165, 1.54) is 0 Å². The Balaban J connectivity index is 1.64. The number of nitrogens with one attached hydrogen (secondary N) is 1. The van der Waals surface area contributed by atoms with Crippen LogP contribution in [0.3, 0.4) is 0 Å². The first kappa shape index (κ1) is 18.5. The van der Waals surface area contributed by atoms with Crippen LogP contribution in [0.5, 0.6) is 0 Å². The van der Waals surface area contributed by atoms with Crippen molar-refractivity contribution in [1.29, 1.82) is 0 Å². The summed E-state index contributed by atoms with van der Waals surface area (Å²) in [5.74, 6) is 0.0853. The van der Waals surface area contributed by atoms with Crippen molar-refractivity contribution in [3.05, 3.63) is 53.6 Å². The Morgan fingerprint density at radius 1 is 1.21 bits per heavy atom. The summed E-state index contributed by atoms with van der Waals surface area (Å²) >= 11 is 6.12. The molecule has 2 amide bonds. The lowest BCUT2D eigenvalue weighted by atomic mass is 10.1. The Kier molecular flexibility index (Phi) is 5.02. The number of benzene rings is 2. The molecule has 0 aliphatic carbocycles. The van der Waals surface area contributed by atoms with E-state index in [9.17, 15) is 9.59 Å². The minimum absolute atomic E-state index is 0.0130. The van der Waals surface area contributed by atoms with E-state index in [0.717, 1.165) is 11.0 Å². The number of carbonyl (C=O) groups excluding carboxylic acids is 2. The molecule has 0 fully saturated rings. The highest BCUT2D eigenvalue weighted by molar-refractivity contribution is 6.33. The van der Waals surface area contributed by atoms with Gasteiger partial charge in [0.1, 0.15) is 6.04 Å². The minimum atomic E-state index is -0.665. The standard InChI is InChI=1S/C20H19ClN4O3/c1-28-11-10-24-19(27)17(12-18(26)22-14-7-3-2-6-13(14)21)25-16-9-5-4-8-15(16)23-20(24)25/h2-9,17H,10-12H2,1H3,(H,22,26)/t17-/m0/s1. The van der Waals surface area contributed by atoms with Crippen molar-refractivity contribution in [2.75, 3.05) is 30.5 Å². The van der Waals surface area contributed by atoms with Gasteiger partial charge in [0.2, 0.25) is 11.9 Å². The van der Waals surface area contributed by atoms with Crippen LogP contribution in [0, 0.1) is 0 Å². The van der Waals surface area contributed by atoms with Crippen LogP contribution in [0.15, 0.2) is 48.5 Å². The third-order valence-electron chi connectivity index (χ3n) is 4.73. The Labute approximate surface area is 166 Å². The highest BCUT2D eigenvalue weighted by Gasteiger charge is 2.40. The molecule has 1 aromatic heterocycles. The van der Waals surface area contributed by atoms with E-state index in [0.29, 0.717) is 29.8 Å². The summed E-state index contributed by atoms with van der Waals surface area (Å²) in [6, 6.07) is 13.9. The van der Waals surface area contributed by atoms with Crippen LogP contribution in [0.4, 0.5) is 11.6 Å². The molecule has 1 aliphatic heterocycles. The summed E-state index contributed by atoms with van der Waals surface area (Å²) in [7, 11) is 1.58. The third-order valence-corrected chi connectivity index (χ3v) is 5.06. The van der Waals surface area contributed by atoms with Crippen molar-refractivity contribution >= 4 is 46.1 Å². The molecule has 4 rings (SSSR count). The van der Waals surface area contributed by atoms with Gasteiger partial charge in [-0.25, -0.2) is 4.98 Å². The largest absolute Gasteiger partial charge is 0.383 e. The van der Waals surface area contributed by atoms with Gasteiger partial charge in [-0.2, -0.15) is 0 Å². The summed E-state index contributed by atoms with van der Waals surface area (Å²) in [4.78, 5) is 31.9. The van der Waals surface area contributed by atoms with Gasteiger partial charge in [-0.3, -0.25) is 19.1 Å². The van der Waals surface area contributed by atoms with Gasteiger partial charge in [-0.05, 0) is 24.3 Å². The maximum Gasteiger partial charge on any atom is 0.253 e. The number of imidazole rings is 1. The van der Waals surface area contributed by atoms with Gasteiger partial charge < -0.3 is 10.1 Å². The first-order valence-corrected chi connectivity index (χ1v) is 9.29. The molecule has 0 saturated heterocycles. The molecular formula is C20H19ClN4O3. The highest BCUT2D eigenvalue weighted by Crippen LogP contribution is 2.36. The van der Waals surface area contributed by atoms with Gasteiger partial charge in [0.05, 0.1) is 41.3 Å². The number of fused-ring (bicyclic) bond motifs is 3. The molecule has 0 unspecified atom stereocenters. The molecule has 2 heterocycles. The fourth-order valence-electron chi connectivity index (χ4n) is 3.43. The van der Waals surface area contributed by atoms with E-state index in [-0.39, 0.29) is 18.2 Å². The number of halogens is 1. The maximum atomic E-state index is 13.0. The number of hydrogen-bond donors (Lipinski definition) is 1. The third kappa shape index (κ3) is 3.23. The molecule has 1 atom stereocenters. The molecule has 28 heavy (non-hydrogen) atoms. The van der Waals surface area contributed by atoms with Crippen LogP contribution in [0.2, 0.25) is 5.02 Å². The number of aromatic nitrogens is 2. The summed E-state index contributed by atoms with van der Waals surface area (Å²) in [5, 5.41) is 3.23. The molecule has 0 saturated carbocycles. The second kappa shape index (κ2) is 7.61. The lowest BCUT2D eigenvalue weighted by molar-refractivity contribution is -0.124. The Hall–Kier alpha value is -2.90. The predicted molar refractivity (Wildman–Crippen MR) is 108 cm³/mol. The van der Waals surface area contributed by atoms with Gasteiger partial charge >= 0.3 is 0 Å². The van der Waals surface area contributed by atoms with E-state index < -0.39 is 6.04 Å². The molecule has 8 heteroatoms. The Bertz CT molecular complexity index is 1050. The second-order valence-corrected chi connectivity index (χ2v) is 6.91. The van der Waals surface area contributed by atoms with Crippen molar-refractivity contribution in [3.8, 4) is 0 Å². The summed E-state index contributed by atoms with van der Waals surface area (Å²) in [6.07, 6.45) is -0.0130. The zero-order chi connectivity index (χ0) is 19.7. The van der Waals surface area contributed by atoms with E-state index in [1.807, 2.05) is 28.8 Å². The number of para-hydroxylation sites is 3. The molecular weight excluding hydrogens is 380 g/mol. The molecule has 0 radical (unpaired) electrons. The molecule has 0 spiro atoms. The smallest absolute Gasteiger partial charge is 0.253 e. The van der Waals surface area contributed by atoms with Gasteiger partial charge in [0.25, 0.3) is 5.91 Å². The average molecular weight is 399 g/mol. The van der Waals surface area contributed by atoms with Crippen LogP contribution >= 0.6 is 11.6 Å². The van der Waals surface area contributed by atoms with Crippen molar-refractivity contribution in [2.24, 2.45) is 0 Å². The predicted octanol–water partition coefficient (Wildman–Crippen LogP) is 3.25. The van der Waals surface area contributed by atoms with Crippen LogP contribution in [0.25, 0.3) is 11.0 Å². The van der Waals surface area contributed by atoms with E-state index in [4.69, 9.17) is 16.3 Å². The van der Waals surface area contributed by atoms with Gasteiger partial charge in [-0.1, -0.05) is 35.9 Å². The van der Waals surface area contributed by atoms with Crippen molar-refractivity contribution in [3.63, 3.8) is 0 Å². The van der Waals surface area contributed by atoms with E-state index in [2.05, 4.69) is 10.3 Å². The molecule has 3 aromatic rings. The monoisotopic (exact) mass is 398 g/mol. The van der Waals surface area contributed by atoms with Crippen LogP contribution in [-0.4, -0.2) is 41.6 Å². The molecule has 2 aromatic carbocycles.